The van der Waals surface area contributed by atoms with Crippen molar-refractivity contribution in [3.8, 4) is 5.69 Å². The van der Waals surface area contributed by atoms with Gasteiger partial charge in [0.2, 0.25) is 0 Å². The smallest absolute Gasteiger partial charge is 0.150 e. The zero-order valence-corrected chi connectivity index (χ0v) is 10.4. The molecule has 1 aliphatic rings. The predicted octanol–water partition coefficient (Wildman–Crippen LogP) is 2.97. The third kappa shape index (κ3) is 2.38. The first kappa shape index (κ1) is 12.3. The monoisotopic (exact) mass is 263 g/mol. The lowest BCUT2D eigenvalue weighted by Crippen LogP contribution is -2.28. The topological polar surface area (TPSA) is 29.9 Å². The van der Waals surface area contributed by atoms with Crippen LogP contribution < -0.4 is 5.32 Å². The first-order chi connectivity index (χ1) is 9.25. The van der Waals surface area contributed by atoms with E-state index in [4.69, 9.17) is 0 Å². The van der Waals surface area contributed by atoms with Crippen LogP contribution in [-0.2, 0) is 0 Å². The Balaban J connectivity index is 1.99. The maximum atomic E-state index is 13.9. The lowest BCUT2D eigenvalue weighted by molar-refractivity contribution is 0.401. The molecule has 2 heterocycles. The van der Waals surface area contributed by atoms with E-state index in [9.17, 15) is 8.78 Å². The molecule has 1 aliphatic heterocycles. The largest absolute Gasteiger partial charge is 0.309 e. The fourth-order valence-corrected chi connectivity index (χ4v) is 2.55. The van der Waals surface area contributed by atoms with Crippen molar-refractivity contribution >= 4 is 0 Å². The van der Waals surface area contributed by atoms with E-state index >= 15 is 0 Å². The van der Waals surface area contributed by atoms with Crippen molar-refractivity contribution in [3.63, 3.8) is 0 Å². The molecule has 1 N–H and O–H groups in total. The molecule has 0 bridgehead atoms. The third-order valence-electron chi connectivity index (χ3n) is 3.50. The van der Waals surface area contributed by atoms with Crippen LogP contribution in [0.1, 0.15) is 31.0 Å². The Hall–Kier alpha value is -1.75. The average Bonchev–Trinajstić information content (AvgIpc) is 2.89. The fourth-order valence-electron chi connectivity index (χ4n) is 2.55. The maximum absolute atomic E-state index is 13.9. The van der Waals surface area contributed by atoms with Crippen LogP contribution in [-0.4, -0.2) is 16.1 Å². The van der Waals surface area contributed by atoms with Crippen LogP contribution in [0.2, 0.25) is 0 Å². The molecule has 1 aromatic heterocycles. The summed E-state index contributed by atoms with van der Waals surface area (Å²) < 4.78 is 28.5. The van der Waals surface area contributed by atoms with Crippen molar-refractivity contribution < 1.29 is 8.78 Å². The molecule has 1 unspecified atom stereocenters. The van der Waals surface area contributed by atoms with Gasteiger partial charge in [-0.1, -0.05) is 6.42 Å². The van der Waals surface area contributed by atoms with E-state index in [-0.39, 0.29) is 6.04 Å². The van der Waals surface area contributed by atoms with Crippen LogP contribution >= 0.6 is 0 Å². The summed E-state index contributed by atoms with van der Waals surface area (Å²) in [4.78, 5) is 4.10. The number of hydrogen-bond donors (Lipinski definition) is 1. The summed E-state index contributed by atoms with van der Waals surface area (Å²) in [6.07, 6.45) is 6.63. The van der Waals surface area contributed by atoms with Gasteiger partial charge in [-0.05, 0) is 31.5 Å². The zero-order chi connectivity index (χ0) is 13.2. The zero-order valence-electron chi connectivity index (χ0n) is 10.4. The molecule has 3 nitrogen and oxygen atoms in total. The molecular weight excluding hydrogens is 248 g/mol. The number of imidazole rings is 1. The Kier molecular flexibility index (Phi) is 3.29. The number of nitrogens with zero attached hydrogens (tertiary/aromatic N) is 2. The summed E-state index contributed by atoms with van der Waals surface area (Å²) in [7, 11) is 0. The van der Waals surface area contributed by atoms with Gasteiger partial charge in [-0.25, -0.2) is 13.8 Å². The second-order valence-corrected chi connectivity index (χ2v) is 4.79. The average molecular weight is 263 g/mol. The van der Waals surface area contributed by atoms with Gasteiger partial charge in [0.1, 0.15) is 11.6 Å². The van der Waals surface area contributed by atoms with Crippen molar-refractivity contribution in [2.24, 2.45) is 0 Å². The standard InChI is InChI=1S/C14H15F2N3/c15-10-4-5-13(11(16)7-10)19-9-17-8-14(19)12-3-1-2-6-18-12/h4-5,7-9,12,18H,1-3,6H2. The first-order valence-electron chi connectivity index (χ1n) is 6.47. The van der Waals surface area contributed by atoms with E-state index in [0.29, 0.717) is 5.69 Å². The number of nitrogens with one attached hydrogen (secondary N) is 1. The molecule has 100 valence electrons. The molecule has 1 fully saturated rings. The molecule has 5 heteroatoms. The highest BCUT2D eigenvalue weighted by Crippen LogP contribution is 2.26. The van der Waals surface area contributed by atoms with E-state index in [0.717, 1.165) is 37.6 Å². The minimum Gasteiger partial charge on any atom is -0.309 e. The third-order valence-corrected chi connectivity index (χ3v) is 3.50. The highest BCUT2D eigenvalue weighted by molar-refractivity contribution is 5.36. The van der Waals surface area contributed by atoms with Gasteiger partial charge in [0.05, 0.1) is 23.9 Å². The van der Waals surface area contributed by atoms with Gasteiger partial charge in [-0.15, -0.1) is 0 Å². The first-order valence-corrected chi connectivity index (χ1v) is 6.47. The van der Waals surface area contributed by atoms with E-state index in [1.807, 2.05) is 0 Å². The lowest BCUT2D eigenvalue weighted by atomic mass is 10.0. The molecule has 0 aliphatic carbocycles. The van der Waals surface area contributed by atoms with Crippen LogP contribution in [0.15, 0.2) is 30.7 Å². The second kappa shape index (κ2) is 5.09. The second-order valence-electron chi connectivity index (χ2n) is 4.79. The Morgan fingerprint density at radius 3 is 2.89 bits per heavy atom. The molecule has 1 atom stereocenters. The molecule has 19 heavy (non-hydrogen) atoms. The maximum Gasteiger partial charge on any atom is 0.150 e. The Morgan fingerprint density at radius 1 is 1.26 bits per heavy atom. The Labute approximate surface area is 110 Å². The van der Waals surface area contributed by atoms with Crippen molar-refractivity contribution in [1.82, 2.24) is 14.9 Å². The van der Waals surface area contributed by atoms with Crippen molar-refractivity contribution in [2.45, 2.75) is 25.3 Å². The van der Waals surface area contributed by atoms with Gasteiger partial charge in [0.25, 0.3) is 0 Å². The summed E-state index contributed by atoms with van der Waals surface area (Å²) in [5.74, 6) is -1.14. The number of hydrogen-bond acceptors (Lipinski definition) is 2. The van der Waals surface area contributed by atoms with Crippen molar-refractivity contribution in [3.05, 3.63) is 48.1 Å². The quantitative estimate of drug-likeness (QED) is 0.902. The number of rotatable bonds is 2. The highest BCUT2D eigenvalue weighted by atomic mass is 19.1. The molecule has 2 aromatic rings. The van der Waals surface area contributed by atoms with Crippen LogP contribution in [0.25, 0.3) is 5.69 Å². The minimum absolute atomic E-state index is 0.181. The molecular formula is C14H15F2N3. The summed E-state index contributed by atoms with van der Waals surface area (Å²) >= 11 is 0. The molecule has 0 amide bonds. The van der Waals surface area contributed by atoms with Crippen LogP contribution in [0, 0.1) is 11.6 Å². The summed E-state index contributed by atoms with van der Waals surface area (Å²) in [5, 5.41) is 3.41. The van der Waals surface area contributed by atoms with E-state index in [2.05, 4.69) is 10.3 Å². The Morgan fingerprint density at radius 2 is 2.16 bits per heavy atom. The minimum atomic E-state index is -0.574. The van der Waals surface area contributed by atoms with Gasteiger partial charge >= 0.3 is 0 Å². The number of aromatic nitrogens is 2. The normalized spacial score (nSPS) is 19.6. The highest BCUT2D eigenvalue weighted by Gasteiger charge is 2.20. The molecule has 0 spiro atoms. The van der Waals surface area contributed by atoms with Crippen molar-refractivity contribution in [2.75, 3.05) is 6.54 Å². The number of benzene rings is 1. The fraction of sp³-hybridized carbons (Fsp3) is 0.357. The summed E-state index contributed by atoms with van der Waals surface area (Å²) in [5.41, 5.74) is 1.26. The molecule has 0 radical (unpaired) electrons. The van der Waals surface area contributed by atoms with E-state index < -0.39 is 11.6 Å². The molecule has 1 aromatic carbocycles. The van der Waals surface area contributed by atoms with E-state index in [1.165, 1.54) is 12.1 Å². The number of piperidine rings is 1. The molecule has 3 rings (SSSR count). The van der Waals surface area contributed by atoms with Crippen LogP contribution in [0.5, 0.6) is 0 Å². The predicted molar refractivity (Wildman–Crippen MR) is 68.1 cm³/mol. The SMILES string of the molecule is Fc1ccc(-n2cncc2C2CCCCN2)c(F)c1. The molecule has 1 saturated heterocycles. The van der Waals surface area contributed by atoms with Crippen LogP contribution in [0.3, 0.4) is 0 Å². The summed E-state index contributed by atoms with van der Waals surface area (Å²) in [6, 6.07) is 3.78. The Bertz CT molecular complexity index is 574. The lowest BCUT2D eigenvalue weighted by Gasteiger charge is -2.24. The number of halogens is 2. The van der Waals surface area contributed by atoms with Gasteiger partial charge in [0, 0.05) is 12.1 Å². The van der Waals surface area contributed by atoms with E-state index in [1.54, 1.807) is 17.1 Å². The van der Waals surface area contributed by atoms with Gasteiger partial charge < -0.3 is 5.32 Å². The van der Waals surface area contributed by atoms with Gasteiger partial charge in [0.15, 0.2) is 0 Å². The van der Waals surface area contributed by atoms with Gasteiger partial charge in [-0.3, -0.25) is 4.57 Å². The van der Waals surface area contributed by atoms with Crippen molar-refractivity contribution in [1.29, 1.82) is 0 Å². The van der Waals surface area contributed by atoms with Crippen LogP contribution in [0.4, 0.5) is 8.78 Å². The molecule has 0 saturated carbocycles. The summed E-state index contributed by atoms with van der Waals surface area (Å²) in [6.45, 7) is 0.960. The van der Waals surface area contributed by atoms with Gasteiger partial charge in [-0.2, -0.15) is 0 Å².